The van der Waals surface area contributed by atoms with Gasteiger partial charge in [0.2, 0.25) is 0 Å². The first-order valence-electron chi connectivity index (χ1n) is 3.18. The van der Waals surface area contributed by atoms with E-state index in [9.17, 15) is 9.90 Å². The molecule has 0 heterocycles. The monoisotopic (exact) mass is 265 g/mol. The molecule has 0 aromatic heterocycles. The van der Waals surface area contributed by atoms with E-state index in [1.807, 2.05) is 0 Å². The number of halogens is 2. The second-order valence-corrected chi connectivity index (χ2v) is 3.49. The summed E-state index contributed by atoms with van der Waals surface area (Å²) in [4.78, 5) is 10.9. The van der Waals surface area contributed by atoms with Crippen molar-refractivity contribution in [2.75, 3.05) is 0 Å². The first-order chi connectivity index (χ1) is 6.06. The van der Waals surface area contributed by atoms with E-state index in [0.717, 1.165) is 0 Å². The molecule has 0 aliphatic carbocycles. The van der Waals surface area contributed by atoms with Crippen molar-refractivity contribution >= 4 is 33.4 Å². The summed E-state index contributed by atoms with van der Waals surface area (Å²) in [5.41, 5.74) is 1.35. The molecule has 13 heavy (non-hydrogen) atoms. The van der Waals surface area contributed by atoms with Gasteiger partial charge in [-0.1, -0.05) is 11.6 Å². The van der Waals surface area contributed by atoms with Crippen molar-refractivity contribution in [2.24, 2.45) is 0 Å². The number of hydroxylamine groups is 1. The highest BCUT2D eigenvalue weighted by atomic mass is 79.9. The molecule has 0 aliphatic heterocycles. The van der Waals surface area contributed by atoms with Crippen LogP contribution in [0, 0.1) is 0 Å². The number of phenols is 1. The molecule has 1 amide bonds. The molecule has 1 aromatic carbocycles. The lowest BCUT2D eigenvalue weighted by molar-refractivity contribution is 0.0703. The zero-order valence-corrected chi connectivity index (χ0v) is 8.56. The molecule has 0 unspecified atom stereocenters. The topological polar surface area (TPSA) is 69.6 Å². The minimum Gasteiger partial charge on any atom is -0.507 e. The van der Waals surface area contributed by atoms with Gasteiger partial charge in [0.15, 0.2) is 0 Å². The number of rotatable bonds is 1. The Kier molecular flexibility index (Phi) is 3.13. The number of benzene rings is 1. The number of carbonyl (C=O) groups is 1. The molecule has 0 bridgehead atoms. The second kappa shape index (κ2) is 3.95. The van der Waals surface area contributed by atoms with Crippen LogP contribution in [-0.4, -0.2) is 16.2 Å². The Bertz CT molecular complexity index is 356. The maximum Gasteiger partial charge on any atom is 0.278 e. The summed E-state index contributed by atoms with van der Waals surface area (Å²) in [6.45, 7) is 0. The number of carbonyl (C=O) groups excluding carboxylic acids is 1. The Morgan fingerprint density at radius 1 is 1.54 bits per heavy atom. The van der Waals surface area contributed by atoms with Gasteiger partial charge in [-0.05, 0) is 22.0 Å². The number of hydrogen-bond acceptors (Lipinski definition) is 3. The van der Waals surface area contributed by atoms with E-state index < -0.39 is 5.91 Å². The van der Waals surface area contributed by atoms with Gasteiger partial charge in [0, 0.05) is 10.5 Å². The molecule has 1 aromatic rings. The number of amides is 1. The molecule has 1 rings (SSSR count). The molecule has 0 saturated carbocycles. The lowest BCUT2D eigenvalue weighted by atomic mass is 10.2. The molecule has 0 saturated heterocycles. The fourth-order valence-electron chi connectivity index (χ4n) is 0.778. The van der Waals surface area contributed by atoms with E-state index in [0.29, 0.717) is 4.47 Å². The summed E-state index contributed by atoms with van der Waals surface area (Å²) >= 11 is 8.71. The van der Waals surface area contributed by atoms with Crippen molar-refractivity contribution in [3.8, 4) is 5.75 Å². The molecule has 0 radical (unpaired) electrons. The zero-order valence-electron chi connectivity index (χ0n) is 6.21. The van der Waals surface area contributed by atoms with E-state index in [4.69, 9.17) is 16.8 Å². The van der Waals surface area contributed by atoms with Crippen LogP contribution in [0.25, 0.3) is 0 Å². The maximum atomic E-state index is 10.9. The van der Waals surface area contributed by atoms with Crippen LogP contribution in [-0.2, 0) is 0 Å². The average Bonchev–Trinajstić information content (AvgIpc) is 2.10. The van der Waals surface area contributed by atoms with Gasteiger partial charge in [-0.15, -0.1) is 0 Å². The van der Waals surface area contributed by atoms with Crippen LogP contribution >= 0.6 is 27.5 Å². The van der Waals surface area contributed by atoms with Crippen molar-refractivity contribution in [3.63, 3.8) is 0 Å². The molecule has 0 aliphatic rings. The van der Waals surface area contributed by atoms with E-state index in [1.165, 1.54) is 17.6 Å². The Hall–Kier alpha value is -0.780. The lowest BCUT2D eigenvalue weighted by Crippen LogP contribution is -2.18. The lowest BCUT2D eigenvalue weighted by Gasteiger charge is -2.03. The quantitative estimate of drug-likeness (QED) is 0.537. The first kappa shape index (κ1) is 10.3. The van der Waals surface area contributed by atoms with Gasteiger partial charge >= 0.3 is 0 Å². The molecule has 6 heteroatoms. The summed E-state index contributed by atoms with van der Waals surface area (Å²) < 4.78 is 0.463. The highest BCUT2D eigenvalue weighted by Crippen LogP contribution is 2.29. The average molecular weight is 266 g/mol. The summed E-state index contributed by atoms with van der Waals surface area (Å²) in [5, 5.41) is 17.8. The van der Waals surface area contributed by atoms with Crippen LogP contribution in [0.15, 0.2) is 16.6 Å². The molecule has 0 atom stereocenters. The fraction of sp³-hybridized carbons (Fsp3) is 0. The van der Waals surface area contributed by atoms with E-state index >= 15 is 0 Å². The van der Waals surface area contributed by atoms with Gasteiger partial charge in [-0.3, -0.25) is 10.0 Å². The van der Waals surface area contributed by atoms with E-state index in [-0.39, 0.29) is 16.3 Å². The van der Waals surface area contributed by atoms with Crippen molar-refractivity contribution in [1.29, 1.82) is 0 Å². The van der Waals surface area contributed by atoms with E-state index in [1.54, 1.807) is 0 Å². The van der Waals surface area contributed by atoms with Gasteiger partial charge in [-0.25, -0.2) is 5.48 Å². The van der Waals surface area contributed by atoms with Gasteiger partial charge < -0.3 is 5.11 Å². The third-order valence-electron chi connectivity index (χ3n) is 1.38. The predicted octanol–water partition coefficient (Wildman–Crippen LogP) is 1.93. The predicted molar refractivity (Wildman–Crippen MR) is 50.1 cm³/mol. The van der Waals surface area contributed by atoms with Gasteiger partial charge in [0.1, 0.15) is 5.75 Å². The summed E-state index contributed by atoms with van der Waals surface area (Å²) in [6.07, 6.45) is 0. The van der Waals surface area contributed by atoms with Crippen LogP contribution in [0.2, 0.25) is 5.02 Å². The zero-order chi connectivity index (χ0) is 10.0. The summed E-state index contributed by atoms with van der Waals surface area (Å²) in [5.74, 6) is -1.09. The molecule has 0 fully saturated rings. The molecule has 4 nitrogen and oxygen atoms in total. The van der Waals surface area contributed by atoms with Crippen LogP contribution < -0.4 is 5.48 Å². The first-order valence-corrected chi connectivity index (χ1v) is 4.35. The number of aromatic hydroxyl groups is 1. The van der Waals surface area contributed by atoms with Crippen LogP contribution in [0.4, 0.5) is 0 Å². The van der Waals surface area contributed by atoms with Crippen molar-refractivity contribution in [1.82, 2.24) is 5.48 Å². The molecule has 70 valence electrons. The van der Waals surface area contributed by atoms with E-state index in [2.05, 4.69) is 15.9 Å². The molecular formula is C7H5BrClNO3. The van der Waals surface area contributed by atoms with Crippen LogP contribution in [0.1, 0.15) is 10.4 Å². The Labute approximate surface area is 87.2 Å². The normalized spacial score (nSPS) is 9.77. The van der Waals surface area contributed by atoms with Gasteiger partial charge in [0.25, 0.3) is 5.91 Å². The standard InChI is InChI=1S/C7H5BrClNO3/c8-4-1-3(7(12)10-13)6(11)2-5(4)9/h1-2,11,13H,(H,10,12). The van der Waals surface area contributed by atoms with Crippen LogP contribution in [0.3, 0.4) is 0 Å². The molecule has 0 spiro atoms. The van der Waals surface area contributed by atoms with Crippen molar-refractivity contribution < 1.29 is 15.1 Å². The van der Waals surface area contributed by atoms with Crippen LogP contribution in [0.5, 0.6) is 5.75 Å². The highest BCUT2D eigenvalue weighted by Gasteiger charge is 2.12. The van der Waals surface area contributed by atoms with Crippen molar-refractivity contribution in [3.05, 3.63) is 27.2 Å². The second-order valence-electron chi connectivity index (χ2n) is 2.22. The van der Waals surface area contributed by atoms with Gasteiger partial charge in [0.05, 0.1) is 10.6 Å². The Morgan fingerprint density at radius 2 is 2.15 bits per heavy atom. The minimum atomic E-state index is -0.796. The fourth-order valence-corrected chi connectivity index (χ4v) is 1.28. The molecule has 3 N–H and O–H groups in total. The van der Waals surface area contributed by atoms with Crippen molar-refractivity contribution in [2.45, 2.75) is 0 Å². The van der Waals surface area contributed by atoms with Gasteiger partial charge in [-0.2, -0.15) is 0 Å². The summed E-state index contributed by atoms with van der Waals surface area (Å²) in [6, 6.07) is 2.51. The number of nitrogens with one attached hydrogen (secondary N) is 1. The number of phenolic OH excluding ortho intramolecular Hbond substituents is 1. The Balaban J connectivity index is 3.23. The number of hydrogen-bond donors (Lipinski definition) is 3. The smallest absolute Gasteiger partial charge is 0.278 e. The minimum absolute atomic E-state index is 0.0567. The SMILES string of the molecule is O=C(NO)c1cc(Br)c(Cl)cc1O. The highest BCUT2D eigenvalue weighted by molar-refractivity contribution is 9.10. The summed E-state index contributed by atoms with van der Waals surface area (Å²) in [7, 11) is 0. The maximum absolute atomic E-state index is 10.9. The largest absolute Gasteiger partial charge is 0.507 e. The molecular weight excluding hydrogens is 261 g/mol. The Morgan fingerprint density at radius 3 is 2.69 bits per heavy atom. The third kappa shape index (κ3) is 2.12. The third-order valence-corrected chi connectivity index (χ3v) is 2.58.